The highest BCUT2D eigenvalue weighted by Gasteiger charge is 2.08. The summed E-state index contributed by atoms with van der Waals surface area (Å²) in [5.74, 6) is 0.303. The van der Waals surface area contributed by atoms with Crippen molar-refractivity contribution in [3.63, 3.8) is 0 Å². The molecule has 2 rings (SSSR count). The number of hydrogen-bond acceptors (Lipinski definition) is 3. The van der Waals surface area contributed by atoms with Crippen molar-refractivity contribution >= 4 is 44.7 Å². The van der Waals surface area contributed by atoms with Crippen LogP contribution in [0.5, 0.6) is 5.75 Å². The van der Waals surface area contributed by atoms with E-state index in [0.717, 1.165) is 21.2 Å². The van der Waals surface area contributed by atoms with E-state index in [2.05, 4.69) is 26.5 Å². The van der Waals surface area contributed by atoms with Crippen LogP contribution in [-0.2, 0) is 4.79 Å². The zero-order chi connectivity index (χ0) is 19.6. The maximum absolute atomic E-state index is 11.9. The minimum atomic E-state index is -0.386. The number of benzene rings is 2. The Balaban J connectivity index is 1.81. The number of carbonyl (C=O) groups excluding carboxylic acids is 1. The third-order valence-electron chi connectivity index (χ3n) is 3.49. The fourth-order valence-corrected chi connectivity index (χ4v) is 3.12. The standard InChI is InChI=1S/C21H20BrClN2O2/c1-15-12-18(22)13-16(2)21(15)27-14-20(26)25-24-19(23)11-7-6-10-17-8-4-3-5-9-17/h3-13H,14H2,1-2H3,(H,25,26)/b10-6+,11-7+,24-19-. The number of rotatable bonds is 7. The van der Waals surface area contributed by atoms with Gasteiger partial charge in [-0.05, 0) is 48.7 Å². The molecular weight excluding hydrogens is 428 g/mol. The van der Waals surface area contributed by atoms with Crippen molar-refractivity contribution in [2.75, 3.05) is 6.61 Å². The Morgan fingerprint density at radius 1 is 1.19 bits per heavy atom. The molecule has 27 heavy (non-hydrogen) atoms. The van der Waals surface area contributed by atoms with Gasteiger partial charge in [0.25, 0.3) is 5.91 Å². The number of ether oxygens (including phenoxy) is 1. The van der Waals surface area contributed by atoms with Gasteiger partial charge in [0, 0.05) is 4.47 Å². The molecule has 0 fully saturated rings. The number of hydrazone groups is 1. The Labute approximate surface area is 172 Å². The van der Waals surface area contributed by atoms with Crippen molar-refractivity contribution in [2.45, 2.75) is 13.8 Å². The van der Waals surface area contributed by atoms with E-state index in [1.807, 2.05) is 68.5 Å². The molecule has 0 aliphatic carbocycles. The zero-order valence-corrected chi connectivity index (χ0v) is 17.4. The van der Waals surface area contributed by atoms with Gasteiger partial charge in [0.1, 0.15) is 10.9 Å². The van der Waals surface area contributed by atoms with Gasteiger partial charge in [-0.15, -0.1) is 0 Å². The van der Waals surface area contributed by atoms with Crippen LogP contribution in [0, 0.1) is 13.8 Å². The van der Waals surface area contributed by atoms with E-state index in [9.17, 15) is 4.79 Å². The molecule has 4 nitrogen and oxygen atoms in total. The molecule has 0 saturated heterocycles. The minimum Gasteiger partial charge on any atom is -0.483 e. The number of aryl methyl sites for hydroxylation is 2. The fraction of sp³-hybridized carbons (Fsp3) is 0.143. The van der Waals surface area contributed by atoms with Gasteiger partial charge in [-0.3, -0.25) is 4.79 Å². The van der Waals surface area contributed by atoms with Gasteiger partial charge < -0.3 is 4.74 Å². The van der Waals surface area contributed by atoms with Gasteiger partial charge >= 0.3 is 0 Å². The average Bonchev–Trinajstić information content (AvgIpc) is 2.63. The second kappa shape index (κ2) is 10.7. The Morgan fingerprint density at radius 2 is 1.85 bits per heavy atom. The van der Waals surface area contributed by atoms with E-state index < -0.39 is 0 Å². The van der Waals surface area contributed by atoms with E-state index in [0.29, 0.717) is 5.75 Å². The summed E-state index contributed by atoms with van der Waals surface area (Å²) < 4.78 is 6.56. The van der Waals surface area contributed by atoms with Crippen LogP contribution >= 0.6 is 27.5 Å². The van der Waals surface area contributed by atoms with Crippen molar-refractivity contribution < 1.29 is 9.53 Å². The van der Waals surface area contributed by atoms with Crippen LogP contribution in [0.4, 0.5) is 0 Å². The van der Waals surface area contributed by atoms with Gasteiger partial charge in [0.2, 0.25) is 0 Å². The number of allylic oxidation sites excluding steroid dienone is 3. The average molecular weight is 448 g/mol. The number of nitrogens with zero attached hydrogens (tertiary/aromatic N) is 1. The Kier molecular flexibility index (Phi) is 8.30. The van der Waals surface area contributed by atoms with Gasteiger partial charge in [0.05, 0.1) is 0 Å². The SMILES string of the molecule is Cc1cc(Br)cc(C)c1OCC(=O)N/N=C(Cl)/C=C/C=C/c1ccccc1. The number of hydrogen-bond donors (Lipinski definition) is 1. The predicted octanol–water partition coefficient (Wildman–Crippen LogP) is 5.38. The van der Waals surface area contributed by atoms with E-state index in [-0.39, 0.29) is 17.7 Å². The van der Waals surface area contributed by atoms with Crippen LogP contribution in [0.25, 0.3) is 6.08 Å². The molecular formula is C21H20BrClN2O2. The summed E-state index contributed by atoms with van der Waals surface area (Å²) in [6.07, 6.45) is 7.12. The van der Waals surface area contributed by atoms with Crippen LogP contribution in [0.2, 0.25) is 0 Å². The van der Waals surface area contributed by atoms with E-state index in [1.165, 1.54) is 0 Å². The molecule has 0 aliphatic heterocycles. The summed E-state index contributed by atoms with van der Waals surface area (Å²) in [7, 11) is 0. The molecule has 0 aliphatic rings. The molecule has 0 unspecified atom stereocenters. The van der Waals surface area contributed by atoms with Crippen LogP contribution in [-0.4, -0.2) is 17.7 Å². The van der Waals surface area contributed by atoms with E-state index in [4.69, 9.17) is 16.3 Å². The van der Waals surface area contributed by atoms with Crippen LogP contribution in [0.15, 0.2) is 70.3 Å². The monoisotopic (exact) mass is 446 g/mol. The molecule has 0 radical (unpaired) electrons. The highest BCUT2D eigenvalue weighted by Crippen LogP contribution is 2.27. The molecule has 0 heterocycles. The molecule has 0 bridgehead atoms. The summed E-state index contributed by atoms with van der Waals surface area (Å²) in [5, 5.41) is 3.98. The number of carbonyl (C=O) groups is 1. The third-order valence-corrected chi connectivity index (χ3v) is 4.16. The number of nitrogens with one attached hydrogen (secondary N) is 1. The van der Waals surface area contributed by atoms with E-state index >= 15 is 0 Å². The zero-order valence-electron chi connectivity index (χ0n) is 15.1. The minimum absolute atomic E-state index is 0.144. The third kappa shape index (κ3) is 7.41. The molecule has 140 valence electrons. The molecule has 0 aromatic heterocycles. The first-order valence-electron chi connectivity index (χ1n) is 8.27. The van der Waals surface area contributed by atoms with Gasteiger partial charge in [0.15, 0.2) is 6.61 Å². The maximum atomic E-state index is 11.9. The molecule has 1 amide bonds. The Bertz CT molecular complexity index is 854. The second-order valence-corrected chi connectivity index (χ2v) is 7.06. The van der Waals surface area contributed by atoms with Crippen molar-refractivity contribution in [3.05, 3.63) is 81.9 Å². The normalized spacial score (nSPS) is 11.9. The quantitative estimate of drug-likeness (QED) is 0.352. The molecule has 0 atom stereocenters. The van der Waals surface area contributed by atoms with Gasteiger partial charge in [-0.2, -0.15) is 5.10 Å². The lowest BCUT2D eigenvalue weighted by Gasteiger charge is -2.11. The van der Waals surface area contributed by atoms with Gasteiger partial charge in [-0.25, -0.2) is 5.43 Å². The summed E-state index contributed by atoms with van der Waals surface area (Å²) >= 11 is 9.39. The second-order valence-electron chi connectivity index (χ2n) is 5.76. The molecule has 2 aromatic carbocycles. The van der Waals surface area contributed by atoms with E-state index in [1.54, 1.807) is 12.2 Å². The lowest BCUT2D eigenvalue weighted by atomic mass is 10.1. The molecule has 0 spiro atoms. The Morgan fingerprint density at radius 3 is 2.52 bits per heavy atom. The summed E-state index contributed by atoms with van der Waals surface area (Å²) in [6, 6.07) is 13.7. The highest BCUT2D eigenvalue weighted by molar-refractivity contribution is 9.10. The fourth-order valence-electron chi connectivity index (χ4n) is 2.31. The van der Waals surface area contributed by atoms with Crippen LogP contribution in [0.3, 0.4) is 0 Å². The van der Waals surface area contributed by atoms with Crippen LogP contribution in [0.1, 0.15) is 16.7 Å². The van der Waals surface area contributed by atoms with Crippen LogP contribution < -0.4 is 10.2 Å². The lowest BCUT2D eigenvalue weighted by Crippen LogP contribution is -2.25. The van der Waals surface area contributed by atoms with Crippen molar-refractivity contribution in [1.82, 2.24) is 5.43 Å². The number of halogens is 2. The summed E-state index contributed by atoms with van der Waals surface area (Å²) in [6.45, 7) is 3.70. The van der Waals surface area contributed by atoms with Crippen molar-refractivity contribution in [2.24, 2.45) is 5.10 Å². The Hall–Kier alpha value is -2.37. The smallest absolute Gasteiger partial charge is 0.278 e. The highest BCUT2D eigenvalue weighted by atomic mass is 79.9. The maximum Gasteiger partial charge on any atom is 0.278 e. The first kappa shape index (κ1) is 20.9. The predicted molar refractivity (Wildman–Crippen MR) is 115 cm³/mol. The molecule has 6 heteroatoms. The molecule has 2 aromatic rings. The lowest BCUT2D eigenvalue weighted by molar-refractivity contribution is -0.123. The van der Waals surface area contributed by atoms with Crippen molar-refractivity contribution in [3.8, 4) is 5.75 Å². The number of amides is 1. The first-order valence-corrected chi connectivity index (χ1v) is 9.44. The molecule has 0 saturated carbocycles. The first-order chi connectivity index (χ1) is 13.0. The van der Waals surface area contributed by atoms with Crippen molar-refractivity contribution in [1.29, 1.82) is 0 Å². The largest absolute Gasteiger partial charge is 0.483 e. The topological polar surface area (TPSA) is 50.7 Å². The summed E-state index contributed by atoms with van der Waals surface area (Å²) in [4.78, 5) is 11.9. The molecule has 1 N–H and O–H groups in total. The van der Waals surface area contributed by atoms with Gasteiger partial charge in [-0.1, -0.05) is 76.1 Å². The summed E-state index contributed by atoms with van der Waals surface area (Å²) in [5.41, 5.74) is 5.35.